The molecule has 4 atom stereocenters. The highest BCUT2D eigenvalue weighted by atomic mass is 31.2. The second-order valence-electron chi connectivity index (χ2n) is 7.68. The predicted molar refractivity (Wildman–Crippen MR) is 124 cm³/mol. The topological polar surface area (TPSA) is 138 Å². The first-order chi connectivity index (χ1) is 16.1. The van der Waals surface area contributed by atoms with Crippen LogP contribution < -0.4 is 20.9 Å². The van der Waals surface area contributed by atoms with Gasteiger partial charge in [-0.25, -0.2) is 9.36 Å². The SMILES string of the molecule is CCc1ccc(OP(=O)(N[C@@H](C)C(=O)OC)OC[C@@H]2C=C[C@H](n3cc(C)c(=O)[nH]c3=O)O2)cc1. The number of nitrogens with one attached hydrogen (secondary N) is 2. The van der Waals surface area contributed by atoms with Gasteiger partial charge in [0.1, 0.15) is 17.9 Å². The molecule has 0 spiro atoms. The monoisotopic (exact) mass is 493 g/mol. The standard InChI is InChI=1S/C22H28N3O8P/c1-5-16-6-8-17(9-7-16)33-34(29,24-15(3)21(27)30-4)31-13-18-10-11-19(32-18)25-12-14(2)20(26)23-22(25)28/h6-12,15,18-19H,5,13H2,1-4H3,(H,24,29)(H,23,26,28)/t15-,18-,19+,34?/m0/s1. The molecule has 0 radical (unpaired) electrons. The smallest absolute Gasteiger partial charge is 0.459 e. The summed E-state index contributed by atoms with van der Waals surface area (Å²) in [6, 6.07) is 6.02. The molecule has 0 amide bonds. The molecule has 1 aromatic heterocycles. The molecule has 2 aromatic rings. The van der Waals surface area contributed by atoms with Crippen LogP contribution in [0, 0.1) is 6.92 Å². The molecule has 3 rings (SSSR count). The summed E-state index contributed by atoms with van der Waals surface area (Å²) in [5.41, 5.74) is 0.329. The fraction of sp³-hybridized carbons (Fsp3) is 0.409. The number of H-pyrrole nitrogens is 1. The molecule has 34 heavy (non-hydrogen) atoms. The van der Waals surface area contributed by atoms with E-state index in [4.69, 9.17) is 13.8 Å². The summed E-state index contributed by atoms with van der Waals surface area (Å²) in [6.07, 6.45) is 4.04. The van der Waals surface area contributed by atoms with Crippen LogP contribution in [-0.4, -0.2) is 41.4 Å². The minimum absolute atomic E-state index is 0.199. The number of aryl methyl sites for hydroxylation is 2. The Hall–Kier alpha value is -2.98. The van der Waals surface area contributed by atoms with E-state index in [0.717, 1.165) is 12.0 Å². The maximum atomic E-state index is 13.5. The third-order valence-corrected chi connectivity index (χ3v) is 6.74. The Labute approximate surface area is 196 Å². The Bertz CT molecular complexity index is 1200. The lowest BCUT2D eigenvalue weighted by Gasteiger charge is -2.24. The van der Waals surface area contributed by atoms with E-state index in [-0.39, 0.29) is 6.61 Å². The van der Waals surface area contributed by atoms with Crippen LogP contribution in [-0.2, 0) is 29.8 Å². The lowest BCUT2D eigenvalue weighted by molar-refractivity contribution is -0.142. The van der Waals surface area contributed by atoms with Crippen molar-refractivity contribution in [3.05, 3.63) is 74.6 Å². The van der Waals surface area contributed by atoms with Crippen molar-refractivity contribution >= 4 is 13.7 Å². The van der Waals surface area contributed by atoms with Gasteiger partial charge in [-0.05, 0) is 44.0 Å². The summed E-state index contributed by atoms with van der Waals surface area (Å²) in [6.45, 7) is 4.85. The zero-order valence-corrected chi connectivity index (χ0v) is 20.2. The van der Waals surface area contributed by atoms with Gasteiger partial charge in [-0.1, -0.05) is 25.1 Å². The van der Waals surface area contributed by atoms with Crippen LogP contribution >= 0.6 is 7.75 Å². The minimum Gasteiger partial charge on any atom is -0.468 e. The van der Waals surface area contributed by atoms with E-state index in [1.165, 1.54) is 24.8 Å². The van der Waals surface area contributed by atoms with Gasteiger partial charge in [0.2, 0.25) is 0 Å². The number of rotatable bonds is 10. The zero-order valence-electron chi connectivity index (χ0n) is 19.3. The van der Waals surface area contributed by atoms with E-state index in [1.807, 2.05) is 19.1 Å². The number of esters is 1. The Kier molecular flexibility index (Phi) is 8.27. The van der Waals surface area contributed by atoms with Gasteiger partial charge >= 0.3 is 19.4 Å². The second kappa shape index (κ2) is 11.0. The van der Waals surface area contributed by atoms with Crippen LogP contribution in [0.1, 0.15) is 31.2 Å². The normalized spacial score (nSPS) is 20.0. The number of methoxy groups -OCH3 is 1. The number of aromatic nitrogens is 2. The number of hydrogen-bond acceptors (Lipinski definition) is 8. The third-order valence-electron chi connectivity index (χ3n) is 5.10. The van der Waals surface area contributed by atoms with Crippen molar-refractivity contribution < 1.29 is 27.9 Å². The largest absolute Gasteiger partial charge is 0.468 e. The molecule has 0 saturated heterocycles. The molecule has 1 unspecified atom stereocenters. The Balaban J connectivity index is 1.71. The van der Waals surface area contributed by atoms with Crippen molar-refractivity contribution in [2.24, 2.45) is 0 Å². The molecule has 2 heterocycles. The average molecular weight is 493 g/mol. The molecule has 0 fully saturated rings. The van der Waals surface area contributed by atoms with E-state index in [1.54, 1.807) is 31.2 Å². The van der Waals surface area contributed by atoms with Crippen LogP contribution in [0.5, 0.6) is 5.75 Å². The Morgan fingerprint density at radius 3 is 2.62 bits per heavy atom. The van der Waals surface area contributed by atoms with E-state index in [2.05, 4.69) is 14.8 Å². The van der Waals surface area contributed by atoms with Crippen molar-refractivity contribution in [2.45, 2.75) is 45.6 Å². The molecule has 1 aliphatic heterocycles. The van der Waals surface area contributed by atoms with Gasteiger partial charge in [0.05, 0.1) is 13.7 Å². The van der Waals surface area contributed by atoms with Crippen molar-refractivity contribution in [2.75, 3.05) is 13.7 Å². The lowest BCUT2D eigenvalue weighted by atomic mass is 10.2. The first-order valence-corrected chi connectivity index (χ1v) is 12.2. The quantitative estimate of drug-likeness (QED) is 0.290. The van der Waals surface area contributed by atoms with Gasteiger partial charge in [-0.2, -0.15) is 5.09 Å². The van der Waals surface area contributed by atoms with Gasteiger partial charge in [0.25, 0.3) is 5.56 Å². The minimum atomic E-state index is -4.04. The Morgan fingerprint density at radius 2 is 1.97 bits per heavy atom. The van der Waals surface area contributed by atoms with Gasteiger partial charge in [0, 0.05) is 11.8 Å². The number of aromatic amines is 1. The van der Waals surface area contributed by atoms with Crippen LogP contribution in [0.3, 0.4) is 0 Å². The lowest BCUT2D eigenvalue weighted by Crippen LogP contribution is -2.35. The maximum absolute atomic E-state index is 13.5. The molecule has 184 valence electrons. The highest BCUT2D eigenvalue weighted by Crippen LogP contribution is 2.45. The van der Waals surface area contributed by atoms with E-state index in [9.17, 15) is 18.9 Å². The molecule has 0 aliphatic carbocycles. The maximum Gasteiger partial charge on any atom is 0.459 e. The van der Waals surface area contributed by atoms with Crippen molar-refractivity contribution in [1.29, 1.82) is 0 Å². The summed E-state index contributed by atoms with van der Waals surface area (Å²) in [4.78, 5) is 37.8. The van der Waals surface area contributed by atoms with E-state index >= 15 is 0 Å². The third kappa shape index (κ3) is 6.32. The van der Waals surface area contributed by atoms with Crippen molar-refractivity contribution in [3.8, 4) is 5.75 Å². The van der Waals surface area contributed by atoms with Crippen molar-refractivity contribution in [3.63, 3.8) is 0 Å². The van der Waals surface area contributed by atoms with Crippen LogP contribution in [0.2, 0.25) is 0 Å². The Morgan fingerprint density at radius 1 is 1.26 bits per heavy atom. The predicted octanol–water partition coefficient (Wildman–Crippen LogP) is 2.22. The highest BCUT2D eigenvalue weighted by Gasteiger charge is 2.34. The molecule has 11 nitrogen and oxygen atoms in total. The number of ether oxygens (including phenoxy) is 2. The molecular weight excluding hydrogens is 465 g/mol. The second-order valence-corrected chi connectivity index (χ2v) is 9.38. The molecule has 12 heteroatoms. The van der Waals surface area contributed by atoms with E-state index < -0.39 is 43.3 Å². The van der Waals surface area contributed by atoms with Gasteiger partial charge in [0.15, 0.2) is 6.23 Å². The van der Waals surface area contributed by atoms with Crippen molar-refractivity contribution in [1.82, 2.24) is 14.6 Å². The fourth-order valence-electron chi connectivity index (χ4n) is 3.17. The number of nitrogens with zero attached hydrogens (tertiary/aromatic N) is 1. The van der Waals surface area contributed by atoms with Gasteiger partial charge in [-0.15, -0.1) is 0 Å². The molecule has 1 aromatic carbocycles. The summed E-state index contributed by atoms with van der Waals surface area (Å²) in [5, 5.41) is 2.57. The number of benzene rings is 1. The van der Waals surface area contributed by atoms with Crippen LogP contribution in [0.25, 0.3) is 0 Å². The number of hydrogen-bond donors (Lipinski definition) is 2. The van der Waals surface area contributed by atoms with Crippen LogP contribution in [0.4, 0.5) is 0 Å². The number of carbonyl (C=O) groups excluding carboxylic acids is 1. The first-order valence-electron chi connectivity index (χ1n) is 10.7. The van der Waals surface area contributed by atoms with Crippen LogP contribution in [0.15, 0.2) is 52.2 Å². The molecule has 0 saturated carbocycles. The fourth-order valence-corrected chi connectivity index (χ4v) is 4.67. The summed E-state index contributed by atoms with van der Waals surface area (Å²) in [7, 11) is -2.82. The zero-order chi connectivity index (χ0) is 24.9. The van der Waals surface area contributed by atoms with E-state index in [0.29, 0.717) is 11.3 Å². The first kappa shape index (κ1) is 25.6. The molecule has 0 bridgehead atoms. The van der Waals surface area contributed by atoms with Gasteiger partial charge < -0.3 is 14.0 Å². The highest BCUT2D eigenvalue weighted by molar-refractivity contribution is 7.52. The molecular formula is C22H28N3O8P. The summed E-state index contributed by atoms with van der Waals surface area (Å²) in [5.74, 6) is -0.347. The van der Waals surface area contributed by atoms with Gasteiger partial charge in [-0.3, -0.25) is 23.7 Å². The molecule has 2 N–H and O–H groups in total. The number of carbonyl (C=O) groups is 1. The summed E-state index contributed by atoms with van der Waals surface area (Å²) < 4.78 is 36.4. The summed E-state index contributed by atoms with van der Waals surface area (Å²) >= 11 is 0. The average Bonchev–Trinajstić information content (AvgIpc) is 3.29. The molecule has 1 aliphatic rings.